The maximum absolute atomic E-state index is 12.3. The minimum Gasteiger partial charge on any atom is -0.379 e. The van der Waals surface area contributed by atoms with E-state index in [0.29, 0.717) is 37.7 Å². The van der Waals surface area contributed by atoms with Crippen molar-refractivity contribution in [2.75, 3.05) is 32.8 Å². The number of morpholine rings is 1. The van der Waals surface area contributed by atoms with Crippen LogP contribution < -0.4 is 5.32 Å². The van der Waals surface area contributed by atoms with Gasteiger partial charge in [0.1, 0.15) is 0 Å². The first-order valence-corrected chi connectivity index (χ1v) is 7.54. The predicted molar refractivity (Wildman–Crippen MR) is 67.8 cm³/mol. The number of sulfonamides is 1. The summed E-state index contributed by atoms with van der Waals surface area (Å²) in [5.41, 5.74) is 0.878. The van der Waals surface area contributed by atoms with Crippen molar-refractivity contribution in [3.05, 3.63) is 18.0 Å². The van der Waals surface area contributed by atoms with E-state index in [4.69, 9.17) is 4.74 Å². The summed E-state index contributed by atoms with van der Waals surface area (Å²) in [6.07, 6.45) is 1.55. The molecule has 0 aliphatic carbocycles. The average molecular weight is 273 g/mol. The van der Waals surface area contributed by atoms with Gasteiger partial charge in [-0.2, -0.15) is 4.31 Å². The summed E-state index contributed by atoms with van der Waals surface area (Å²) in [6, 6.07) is 1.69. The number of aromatic nitrogens is 1. The van der Waals surface area contributed by atoms with E-state index in [0.717, 1.165) is 12.2 Å². The molecule has 0 amide bonds. The molecule has 1 aliphatic rings. The summed E-state index contributed by atoms with van der Waals surface area (Å²) in [6.45, 7) is 5.29. The molecule has 102 valence electrons. The highest BCUT2D eigenvalue weighted by molar-refractivity contribution is 7.89. The number of hydrogen-bond acceptors (Lipinski definition) is 4. The number of rotatable bonds is 5. The van der Waals surface area contributed by atoms with Gasteiger partial charge in [-0.15, -0.1) is 0 Å². The van der Waals surface area contributed by atoms with Crippen molar-refractivity contribution >= 4 is 10.0 Å². The van der Waals surface area contributed by atoms with Crippen molar-refractivity contribution in [3.63, 3.8) is 0 Å². The Morgan fingerprint density at radius 1 is 1.44 bits per heavy atom. The number of H-pyrrole nitrogens is 1. The first-order valence-electron chi connectivity index (χ1n) is 6.10. The van der Waals surface area contributed by atoms with Gasteiger partial charge < -0.3 is 15.0 Å². The number of aromatic amines is 1. The van der Waals surface area contributed by atoms with E-state index in [1.165, 1.54) is 4.31 Å². The summed E-state index contributed by atoms with van der Waals surface area (Å²) in [5.74, 6) is 0. The first-order chi connectivity index (χ1) is 8.64. The fourth-order valence-electron chi connectivity index (χ4n) is 1.87. The third-order valence-corrected chi connectivity index (χ3v) is 4.77. The minimum atomic E-state index is -3.37. The SMILES string of the molecule is CCNCc1cc(S(=O)(=O)N2CCOCC2)c[nH]1. The Kier molecular flexibility index (Phi) is 4.39. The predicted octanol–water partition coefficient (Wildman–Crippen LogP) is 0.145. The maximum atomic E-state index is 12.3. The van der Waals surface area contributed by atoms with Gasteiger partial charge in [0.05, 0.1) is 18.1 Å². The molecule has 0 unspecified atom stereocenters. The van der Waals surface area contributed by atoms with Gasteiger partial charge in [-0.25, -0.2) is 8.42 Å². The summed E-state index contributed by atoms with van der Waals surface area (Å²) in [7, 11) is -3.37. The third kappa shape index (κ3) is 2.92. The molecule has 1 fully saturated rings. The Hall–Kier alpha value is -0.890. The molecule has 0 bridgehead atoms. The molecular formula is C11H19N3O3S. The normalized spacial score (nSPS) is 18.1. The zero-order valence-electron chi connectivity index (χ0n) is 10.5. The van der Waals surface area contributed by atoms with Crippen LogP contribution in [-0.4, -0.2) is 50.6 Å². The molecule has 0 atom stereocenters. The molecule has 0 radical (unpaired) electrons. The fraction of sp³-hybridized carbons (Fsp3) is 0.636. The van der Waals surface area contributed by atoms with Gasteiger partial charge in [0.2, 0.25) is 10.0 Å². The first kappa shape index (κ1) is 13.5. The van der Waals surface area contributed by atoms with Crippen molar-refractivity contribution in [1.29, 1.82) is 0 Å². The molecule has 0 saturated carbocycles. The van der Waals surface area contributed by atoms with Gasteiger partial charge in [0, 0.05) is 31.5 Å². The third-order valence-electron chi connectivity index (χ3n) is 2.89. The van der Waals surface area contributed by atoms with Crippen molar-refractivity contribution in [1.82, 2.24) is 14.6 Å². The summed E-state index contributed by atoms with van der Waals surface area (Å²) in [4.78, 5) is 3.32. The largest absolute Gasteiger partial charge is 0.379 e. The van der Waals surface area contributed by atoms with Crippen LogP contribution in [0.3, 0.4) is 0 Å². The van der Waals surface area contributed by atoms with E-state index in [9.17, 15) is 8.42 Å². The van der Waals surface area contributed by atoms with Crippen LogP contribution in [0.25, 0.3) is 0 Å². The highest BCUT2D eigenvalue weighted by Gasteiger charge is 2.26. The van der Waals surface area contributed by atoms with Gasteiger partial charge in [0.25, 0.3) is 0 Å². The molecule has 18 heavy (non-hydrogen) atoms. The standard InChI is InChI=1S/C11H19N3O3S/c1-2-12-8-10-7-11(9-13-10)18(15,16)14-3-5-17-6-4-14/h7,9,12-13H,2-6,8H2,1H3. The van der Waals surface area contributed by atoms with E-state index in [2.05, 4.69) is 10.3 Å². The topological polar surface area (TPSA) is 74.4 Å². The molecule has 0 aromatic carbocycles. The smallest absolute Gasteiger partial charge is 0.244 e. The lowest BCUT2D eigenvalue weighted by atomic mass is 10.4. The summed E-state index contributed by atoms with van der Waals surface area (Å²) < 4.78 is 31.2. The molecule has 7 heteroatoms. The number of nitrogens with one attached hydrogen (secondary N) is 2. The van der Waals surface area contributed by atoms with Crippen LogP contribution >= 0.6 is 0 Å². The fourth-order valence-corrected chi connectivity index (χ4v) is 3.29. The molecule has 6 nitrogen and oxygen atoms in total. The highest BCUT2D eigenvalue weighted by atomic mass is 32.2. The molecule has 2 N–H and O–H groups in total. The molecule has 0 spiro atoms. The Morgan fingerprint density at radius 3 is 2.83 bits per heavy atom. The van der Waals surface area contributed by atoms with Gasteiger partial charge in [-0.05, 0) is 12.6 Å². The van der Waals surface area contributed by atoms with E-state index < -0.39 is 10.0 Å². The molecule has 1 saturated heterocycles. The molecule has 2 heterocycles. The monoisotopic (exact) mass is 273 g/mol. The quantitative estimate of drug-likeness (QED) is 0.800. The maximum Gasteiger partial charge on any atom is 0.244 e. The number of nitrogens with zero attached hydrogens (tertiary/aromatic N) is 1. The van der Waals surface area contributed by atoms with E-state index >= 15 is 0 Å². The van der Waals surface area contributed by atoms with Gasteiger partial charge >= 0.3 is 0 Å². The van der Waals surface area contributed by atoms with Gasteiger partial charge in [-0.1, -0.05) is 6.92 Å². The lowest BCUT2D eigenvalue weighted by Gasteiger charge is -2.25. The van der Waals surface area contributed by atoms with E-state index in [1.54, 1.807) is 12.3 Å². The van der Waals surface area contributed by atoms with Crippen LogP contribution in [0, 0.1) is 0 Å². The molecule has 2 rings (SSSR count). The highest BCUT2D eigenvalue weighted by Crippen LogP contribution is 2.17. The minimum absolute atomic E-state index is 0.331. The van der Waals surface area contributed by atoms with Crippen LogP contribution in [0.5, 0.6) is 0 Å². The molecular weight excluding hydrogens is 254 g/mol. The number of hydrogen-bond donors (Lipinski definition) is 2. The Bertz CT molecular complexity index is 477. The zero-order chi connectivity index (χ0) is 13.0. The summed E-state index contributed by atoms with van der Waals surface area (Å²) in [5, 5.41) is 3.15. The van der Waals surface area contributed by atoms with E-state index in [-0.39, 0.29) is 0 Å². The Morgan fingerprint density at radius 2 is 2.17 bits per heavy atom. The van der Waals surface area contributed by atoms with E-state index in [1.807, 2.05) is 6.92 Å². The van der Waals surface area contributed by atoms with Crippen LogP contribution in [0.1, 0.15) is 12.6 Å². The second-order valence-electron chi connectivity index (χ2n) is 4.16. The van der Waals surface area contributed by atoms with Crippen LogP contribution in [0.4, 0.5) is 0 Å². The van der Waals surface area contributed by atoms with Crippen molar-refractivity contribution < 1.29 is 13.2 Å². The van der Waals surface area contributed by atoms with Gasteiger partial charge in [0.15, 0.2) is 0 Å². The van der Waals surface area contributed by atoms with Crippen molar-refractivity contribution in [2.45, 2.75) is 18.4 Å². The average Bonchev–Trinajstić information content (AvgIpc) is 2.87. The second-order valence-corrected chi connectivity index (χ2v) is 6.10. The van der Waals surface area contributed by atoms with Crippen molar-refractivity contribution in [2.24, 2.45) is 0 Å². The van der Waals surface area contributed by atoms with Crippen LogP contribution in [-0.2, 0) is 21.3 Å². The van der Waals surface area contributed by atoms with Crippen LogP contribution in [0.15, 0.2) is 17.2 Å². The molecule has 1 aromatic heterocycles. The Labute approximate surface area is 107 Å². The lowest BCUT2D eigenvalue weighted by molar-refractivity contribution is 0.0730. The number of ether oxygens (including phenoxy) is 1. The van der Waals surface area contributed by atoms with Gasteiger partial charge in [-0.3, -0.25) is 0 Å². The van der Waals surface area contributed by atoms with Crippen molar-refractivity contribution in [3.8, 4) is 0 Å². The summed E-state index contributed by atoms with van der Waals surface area (Å²) >= 11 is 0. The molecule has 1 aromatic rings. The zero-order valence-corrected chi connectivity index (χ0v) is 11.3. The second kappa shape index (κ2) is 5.83. The Balaban J connectivity index is 2.11. The van der Waals surface area contributed by atoms with Crippen LogP contribution in [0.2, 0.25) is 0 Å². The molecule has 1 aliphatic heterocycles. The lowest BCUT2D eigenvalue weighted by Crippen LogP contribution is -2.40.